The number of nitrogens with one attached hydrogen (secondary N) is 1. The Kier molecular flexibility index (Phi) is 3.89. The fourth-order valence-corrected chi connectivity index (χ4v) is 1.52. The van der Waals surface area contributed by atoms with E-state index in [1.54, 1.807) is 6.07 Å². The second kappa shape index (κ2) is 5.46. The van der Waals surface area contributed by atoms with Crippen molar-refractivity contribution in [3.05, 3.63) is 52.9 Å². The van der Waals surface area contributed by atoms with Crippen LogP contribution in [0.25, 0.3) is 0 Å². The Bertz CT molecular complexity index is 629. The summed E-state index contributed by atoms with van der Waals surface area (Å²) in [6.07, 6.45) is -3.89. The quantitative estimate of drug-likeness (QED) is 0.865. The Morgan fingerprint density at radius 1 is 1.20 bits per heavy atom. The second-order valence-electron chi connectivity index (χ2n) is 3.73. The van der Waals surface area contributed by atoms with Gasteiger partial charge in [-0.15, -0.1) is 0 Å². The van der Waals surface area contributed by atoms with Crippen LogP contribution in [0.5, 0.6) is 0 Å². The van der Waals surface area contributed by atoms with E-state index in [2.05, 4.69) is 15.3 Å². The third kappa shape index (κ3) is 3.45. The van der Waals surface area contributed by atoms with Crippen LogP contribution in [-0.4, -0.2) is 15.9 Å². The number of hydrogen-bond acceptors (Lipinski definition) is 3. The molecule has 0 radical (unpaired) electrons. The Labute approximate surface area is 116 Å². The number of hydrogen-bond donors (Lipinski definition) is 1. The van der Waals surface area contributed by atoms with Crippen LogP contribution >= 0.6 is 11.6 Å². The number of alkyl halides is 3. The molecule has 0 atom stereocenters. The lowest BCUT2D eigenvalue weighted by atomic mass is 10.2. The molecule has 0 aliphatic carbocycles. The van der Waals surface area contributed by atoms with Crippen molar-refractivity contribution in [3.8, 4) is 0 Å². The van der Waals surface area contributed by atoms with E-state index >= 15 is 0 Å². The highest BCUT2D eigenvalue weighted by Crippen LogP contribution is 2.28. The number of amides is 1. The van der Waals surface area contributed by atoms with Crippen molar-refractivity contribution in [2.24, 2.45) is 0 Å². The number of aromatic nitrogens is 2. The summed E-state index contributed by atoms with van der Waals surface area (Å²) in [6, 6.07) is 6.36. The number of carbonyl (C=O) groups is 1. The minimum Gasteiger partial charge on any atom is -0.305 e. The molecular formula is C12H7ClF3N3O. The number of pyridine rings is 2. The van der Waals surface area contributed by atoms with Crippen molar-refractivity contribution in [3.63, 3.8) is 0 Å². The van der Waals surface area contributed by atoms with Crippen LogP contribution in [-0.2, 0) is 6.18 Å². The highest BCUT2D eigenvalue weighted by atomic mass is 35.5. The van der Waals surface area contributed by atoms with E-state index in [0.29, 0.717) is 6.20 Å². The Hall–Kier alpha value is -2.15. The predicted octanol–water partition coefficient (Wildman–Crippen LogP) is 3.40. The van der Waals surface area contributed by atoms with Gasteiger partial charge in [-0.2, -0.15) is 13.2 Å². The molecule has 1 N–H and O–H groups in total. The first-order chi connectivity index (χ1) is 9.36. The van der Waals surface area contributed by atoms with Crippen molar-refractivity contribution in [1.29, 1.82) is 0 Å². The largest absolute Gasteiger partial charge is 0.417 e. The molecule has 0 spiro atoms. The molecule has 4 nitrogen and oxygen atoms in total. The van der Waals surface area contributed by atoms with E-state index in [1.807, 2.05) is 0 Å². The SMILES string of the molecule is O=C(Nc1cccc(Cl)n1)c1ccc(C(F)(F)F)cn1. The van der Waals surface area contributed by atoms with E-state index in [9.17, 15) is 18.0 Å². The van der Waals surface area contributed by atoms with Crippen molar-refractivity contribution in [1.82, 2.24) is 9.97 Å². The van der Waals surface area contributed by atoms with Gasteiger partial charge in [0.15, 0.2) is 0 Å². The molecule has 8 heteroatoms. The van der Waals surface area contributed by atoms with Crippen LogP contribution < -0.4 is 5.32 Å². The van der Waals surface area contributed by atoms with Gasteiger partial charge >= 0.3 is 6.18 Å². The summed E-state index contributed by atoms with van der Waals surface area (Å²) in [5.74, 6) is -0.488. The normalized spacial score (nSPS) is 11.2. The summed E-state index contributed by atoms with van der Waals surface area (Å²) in [5.41, 5.74) is -1.07. The Balaban J connectivity index is 2.14. The smallest absolute Gasteiger partial charge is 0.305 e. The molecule has 0 fully saturated rings. The fourth-order valence-electron chi connectivity index (χ4n) is 1.35. The van der Waals surface area contributed by atoms with E-state index in [4.69, 9.17) is 11.6 Å². The van der Waals surface area contributed by atoms with Crippen LogP contribution in [0.2, 0.25) is 5.15 Å². The Morgan fingerprint density at radius 3 is 2.50 bits per heavy atom. The molecule has 2 aromatic rings. The molecule has 0 unspecified atom stereocenters. The highest BCUT2D eigenvalue weighted by Gasteiger charge is 2.30. The van der Waals surface area contributed by atoms with Gasteiger partial charge in [0, 0.05) is 6.20 Å². The molecule has 20 heavy (non-hydrogen) atoms. The summed E-state index contributed by atoms with van der Waals surface area (Å²) in [4.78, 5) is 19.0. The van der Waals surface area contributed by atoms with E-state index in [-0.39, 0.29) is 16.7 Å². The molecule has 0 aromatic carbocycles. The summed E-state index contributed by atoms with van der Waals surface area (Å²) in [7, 11) is 0. The second-order valence-corrected chi connectivity index (χ2v) is 4.12. The molecule has 0 saturated carbocycles. The highest BCUT2D eigenvalue weighted by molar-refractivity contribution is 6.29. The molecule has 2 rings (SSSR count). The first-order valence-electron chi connectivity index (χ1n) is 5.33. The third-order valence-corrected chi connectivity index (χ3v) is 2.49. The topological polar surface area (TPSA) is 54.9 Å². The van der Waals surface area contributed by atoms with Gasteiger partial charge in [-0.1, -0.05) is 17.7 Å². The standard InChI is InChI=1S/C12H7ClF3N3O/c13-9-2-1-3-10(18-9)19-11(20)8-5-4-7(6-17-8)12(14,15)16/h1-6H,(H,18,19,20). The Morgan fingerprint density at radius 2 is 1.95 bits per heavy atom. The van der Waals surface area contributed by atoms with Gasteiger partial charge in [-0.25, -0.2) is 4.98 Å². The summed E-state index contributed by atoms with van der Waals surface area (Å²) < 4.78 is 37.0. The first kappa shape index (κ1) is 14.3. The van der Waals surface area contributed by atoms with E-state index in [0.717, 1.165) is 12.1 Å². The molecule has 0 bridgehead atoms. The molecular weight excluding hydrogens is 295 g/mol. The van der Waals surface area contributed by atoms with Gasteiger partial charge in [-0.3, -0.25) is 9.78 Å². The van der Waals surface area contributed by atoms with Crippen LogP contribution in [0.1, 0.15) is 16.1 Å². The van der Waals surface area contributed by atoms with E-state index in [1.165, 1.54) is 12.1 Å². The fraction of sp³-hybridized carbons (Fsp3) is 0.0833. The summed E-state index contributed by atoms with van der Waals surface area (Å²) in [5, 5.41) is 2.56. The maximum Gasteiger partial charge on any atom is 0.417 e. The lowest BCUT2D eigenvalue weighted by Gasteiger charge is -2.07. The lowest BCUT2D eigenvalue weighted by molar-refractivity contribution is -0.137. The molecule has 1 amide bonds. The number of anilines is 1. The molecule has 0 aliphatic rings. The molecule has 104 valence electrons. The van der Waals surface area contributed by atoms with Gasteiger partial charge < -0.3 is 5.32 Å². The molecule has 0 aliphatic heterocycles. The zero-order valence-corrected chi connectivity index (χ0v) is 10.5. The summed E-state index contributed by atoms with van der Waals surface area (Å²) in [6.45, 7) is 0. The van der Waals surface area contributed by atoms with E-state index < -0.39 is 17.6 Å². The summed E-state index contributed by atoms with van der Waals surface area (Å²) >= 11 is 5.64. The van der Waals surface area contributed by atoms with Gasteiger partial charge in [0.05, 0.1) is 5.56 Å². The van der Waals surface area contributed by atoms with Crippen LogP contribution in [0.4, 0.5) is 19.0 Å². The average Bonchev–Trinajstić information content (AvgIpc) is 2.38. The number of rotatable bonds is 2. The zero-order valence-electron chi connectivity index (χ0n) is 9.78. The maximum atomic E-state index is 12.3. The minimum absolute atomic E-state index is 0.153. The van der Waals surface area contributed by atoms with Gasteiger partial charge in [0.25, 0.3) is 5.91 Å². The molecule has 2 aromatic heterocycles. The minimum atomic E-state index is -4.49. The lowest BCUT2D eigenvalue weighted by Crippen LogP contribution is -2.15. The van der Waals surface area contributed by atoms with Crippen LogP contribution in [0.15, 0.2) is 36.5 Å². The van der Waals surface area contributed by atoms with Crippen molar-refractivity contribution < 1.29 is 18.0 Å². The maximum absolute atomic E-state index is 12.3. The van der Waals surface area contributed by atoms with Gasteiger partial charge in [0.2, 0.25) is 0 Å². The monoisotopic (exact) mass is 301 g/mol. The number of carbonyl (C=O) groups excluding carboxylic acids is 1. The molecule has 2 heterocycles. The van der Waals surface area contributed by atoms with Crippen LogP contribution in [0, 0.1) is 0 Å². The third-order valence-electron chi connectivity index (χ3n) is 2.28. The van der Waals surface area contributed by atoms with Crippen molar-refractivity contribution in [2.75, 3.05) is 5.32 Å². The first-order valence-corrected chi connectivity index (χ1v) is 5.71. The average molecular weight is 302 g/mol. The van der Waals surface area contributed by atoms with Crippen LogP contribution in [0.3, 0.4) is 0 Å². The zero-order chi connectivity index (χ0) is 14.8. The van der Waals surface area contributed by atoms with Gasteiger partial charge in [0.1, 0.15) is 16.7 Å². The van der Waals surface area contributed by atoms with Crippen molar-refractivity contribution >= 4 is 23.3 Å². The molecule has 0 saturated heterocycles. The van der Waals surface area contributed by atoms with Crippen molar-refractivity contribution in [2.45, 2.75) is 6.18 Å². The van der Waals surface area contributed by atoms with Gasteiger partial charge in [-0.05, 0) is 24.3 Å². The number of halogens is 4. The number of nitrogens with zero attached hydrogens (tertiary/aromatic N) is 2. The predicted molar refractivity (Wildman–Crippen MR) is 66.4 cm³/mol.